The van der Waals surface area contributed by atoms with Gasteiger partial charge >= 0.3 is 0 Å². The van der Waals surface area contributed by atoms with Gasteiger partial charge in [0.05, 0.1) is 30.0 Å². The third-order valence-corrected chi connectivity index (χ3v) is 5.36. The zero-order chi connectivity index (χ0) is 21.3. The Morgan fingerprint density at radius 2 is 1.79 bits per heavy atom. The highest BCUT2D eigenvalue weighted by Gasteiger charge is 2.41. The first-order chi connectivity index (χ1) is 13.8. The van der Waals surface area contributed by atoms with Crippen molar-refractivity contribution in [1.29, 1.82) is 0 Å². The van der Waals surface area contributed by atoms with Crippen LogP contribution in [0.5, 0.6) is 5.75 Å². The largest absolute Gasteiger partial charge is 0.495 e. The number of aliphatic hydroxyl groups excluding tert-OH is 1. The van der Waals surface area contributed by atoms with Crippen molar-refractivity contribution in [3.63, 3.8) is 0 Å². The highest BCUT2D eigenvalue weighted by atomic mass is 35.5. The molecular formula is C22H23ClN2O4. The number of amides is 2. The Kier molecular flexibility index (Phi) is 5.96. The molecule has 0 spiro atoms. The minimum Gasteiger partial charge on any atom is -0.495 e. The molecule has 2 aromatic rings. The number of ether oxygens (including phenoxy) is 1. The minimum atomic E-state index is -0.458. The predicted octanol–water partition coefficient (Wildman–Crippen LogP) is 3.17. The highest BCUT2D eigenvalue weighted by Crippen LogP contribution is 2.37. The average molecular weight is 415 g/mol. The van der Waals surface area contributed by atoms with Gasteiger partial charge in [0.15, 0.2) is 0 Å². The summed E-state index contributed by atoms with van der Waals surface area (Å²) in [6.07, 6.45) is 0. The van der Waals surface area contributed by atoms with Crippen LogP contribution in [0.15, 0.2) is 42.1 Å². The lowest BCUT2D eigenvalue weighted by Gasteiger charge is -2.20. The average Bonchev–Trinajstić information content (AvgIpc) is 2.94. The first kappa shape index (κ1) is 20.9. The smallest absolute Gasteiger partial charge is 0.282 e. The number of rotatable bonds is 6. The molecule has 1 heterocycles. The van der Waals surface area contributed by atoms with Crippen molar-refractivity contribution in [3.05, 3.63) is 63.8 Å². The van der Waals surface area contributed by atoms with Crippen molar-refractivity contribution >= 4 is 34.7 Å². The molecule has 0 saturated carbocycles. The highest BCUT2D eigenvalue weighted by molar-refractivity contribution is 6.45. The van der Waals surface area contributed by atoms with E-state index in [1.54, 1.807) is 24.1 Å². The molecule has 0 radical (unpaired) electrons. The maximum absolute atomic E-state index is 13.4. The Balaban J connectivity index is 2.14. The number of hydrogen-bond donors (Lipinski definition) is 1. The molecule has 0 aliphatic carbocycles. The second-order valence-corrected chi connectivity index (χ2v) is 7.34. The van der Waals surface area contributed by atoms with Crippen LogP contribution in [0.4, 0.5) is 5.69 Å². The van der Waals surface area contributed by atoms with Crippen molar-refractivity contribution in [2.24, 2.45) is 0 Å². The Bertz CT molecular complexity index is 1020. The molecule has 29 heavy (non-hydrogen) atoms. The molecule has 2 amide bonds. The fraction of sp³-hybridized carbons (Fsp3) is 0.273. The number of halogens is 1. The molecule has 1 aliphatic heterocycles. The van der Waals surface area contributed by atoms with Crippen molar-refractivity contribution in [2.45, 2.75) is 13.8 Å². The van der Waals surface area contributed by atoms with Gasteiger partial charge in [0.25, 0.3) is 11.8 Å². The molecule has 0 aromatic heterocycles. The Morgan fingerprint density at radius 3 is 2.38 bits per heavy atom. The minimum absolute atomic E-state index is 0.143. The fourth-order valence-electron chi connectivity index (χ4n) is 3.32. The van der Waals surface area contributed by atoms with E-state index < -0.39 is 11.8 Å². The number of likely N-dealkylation sites (N-methyl/N-ethyl adjacent to an activating group) is 1. The van der Waals surface area contributed by atoms with Gasteiger partial charge in [-0.25, -0.2) is 4.90 Å². The summed E-state index contributed by atoms with van der Waals surface area (Å²) in [5.74, 6) is -0.436. The van der Waals surface area contributed by atoms with Gasteiger partial charge in [-0.3, -0.25) is 9.59 Å². The third kappa shape index (κ3) is 3.73. The number of aliphatic hydroxyl groups is 1. The summed E-state index contributed by atoms with van der Waals surface area (Å²) in [5.41, 5.74) is 3.69. The molecule has 0 unspecified atom stereocenters. The van der Waals surface area contributed by atoms with E-state index in [0.29, 0.717) is 27.6 Å². The quantitative estimate of drug-likeness (QED) is 0.735. The summed E-state index contributed by atoms with van der Waals surface area (Å²) in [6, 6.07) is 10.4. The molecule has 1 aliphatic rings. The molecule has 3 rings (SSSR count). The number of imide groups is 1. The van der Waals surface area contributed by atoms with Gasteiger partial charge in [-0.1, -0.05) is 29.8 Å². The van der Waals surface area contributed by atoms with Gasteiger partial charge in [0.2, 0.25) is 0 Å². The second-order valence-electron chi connectivity index (χ2n) is 6.93. The van der Waals surface area contributed by atoms with Gasteiger partial charge in [-0.05, 0) is 48.7 Å². The molecule has 0 bridgehead atoms. The number of nitrogens with zero attached hydrogens (tertiary/aromatic N) is 2. The monoisotopic (exact) mass is 414 g/mol. The second kappa shape index (κ2) is 8.27. The van der Waals surface area contributed by atoms with Gasteiger partial charge in [-0.15, -0.1) is 0 Å². The summed E-state index contributed by atoms with van der Waals surface area (Å²) >= 11 is 6.21. The zero-order valence-electron chi connectivity index (χ0n) is 16.8. The number of hydrogen-bond acceptors (Lipinski definition) is 5. The van der Waals surface area contributed by atoms with Crippen molar-refractivity contribution in [3.8, 4) is 5.75 Å². The van der Waals surface area contributed by atoms with Gasteiger partial charge in [0, 0.05) is 13.6 Å². The summed E-state index contributed by atoms with van der Waals surface area (Å²) in [6.45, 7) is 4.02. The number of carbonyl (C=O) groups excluding carboxylic acids is 2. The number of anilines is 1. The normalized spacial score (nSPS) is 14.1. The van der Waals surface area contributed by atoms with Crippen LogP contribution in [0.3, 0.4) is 0 Å². The topological polar surface area (TPSA) is 70.1 Å². The molecule has 1 N–H and O–H groups in total. The number of carbonyl (C=O) groups is 2. The van der Waals surface area contributed by atoms with Crippen LogP contribution in [0.25, 0.3) is 5.57 Å². The number of aryl methyl sites for hydroxylation is 2. The molecule has 0 atom stereocenters. The molecule has 0 fully saturated rings. The molecule has 0 saturated heterocycles. The third-order valence-electron chi connectivity index (χ3n) is 5.07. The van der Waals surface area contributed by atoms with Crippen molar-refractivity contribution in [2.75, 3.05) is 32.2 Å². The Labute approximate surface area is 174 Å². The van der Waals surface area contributed by atoms with Crippen molar-refractivity contribution < 1.29 is 19.4 Å². The van der Waals surface area contributed by atoms with Crippen LogP contribution in [0.1, 0.15) is 16.7 Å². The first-order valence-corrected chi connectivity index (χ1v) is 9.54. The number of benzene rings is 2. The zero-order valence-corrected chi connectivity index (χ0v) is 17.6. The van der Waals surface area contributed by atoms with E-state index in [4.69, 9.17) is 16.3 Å². The SMILES string of the molecule is COc1ccc(N2C(=O)C(c3ccc(C)c(C)c3)=C(N(C)CCO)C2=O)cc1Cl. The standard InChI is InChI=1S/C22H23ClN2O4/c1-13-5-6-15(11-14(13)2)19-20(24(3)9-10-26)22(28)25(21(19)27)16-7-8-18(29-4)17(23)12-16/h5-8,11-12,26H,9-10H2,1-4H3. The van der Waals surface area contributed by atoms with Gasteiger partial charge < -0.3 is 14.7 Å². The lowest BCUT2D eigenvalue weighted by molar-refractivity contribution is -0.120. The van der Waals surface area contributed by atoms with Gasteiger partial charge in [-0.2, -0.15) is 0 Å². The van der Waals surface area contributed by atoms with Crippen LogP contribution in [-0.4, -0.2) is 49.1 Å². The number of methoxy groups -OCH3 is 1. The lowest BCUT2D eigenvalue weighted by atomic mass is 9.99. The predicted molar refractivity (Wildman–Crippen MR) is 113 cm³/mol. The fourth-order valence-corrected chi connectivity index (χ4v) is 3.57. The van der Waals surface area contributed by atoms with E-state index in [9.17, 15) is 14.7 Å². The maximum Gasteiger partial charge on any atom is 0.282 e. The molecule has 6 nitrogen and oxygen atoms in total. The van der Waals surface area contributed by atoms with E-state index in [0.717, 1.165) is 16.0 Å². The van der Waals surface area contributed by atoms with Crippen LogP contribution in [0, 0.1) is 13.8 Å². The summed E-state index contributed by atoms with van der Waals surface area (Å²) in [7, 11) is 3.18. The Morgan fingerprint density at radius 1 is 1.07 bits per heavy atom. The van der Waals surface area contributed by atoms with E-state index in [1.807, 2.05) is 32.0 Å². The molecular weight excluding hydrogens is 392 g/mol. The van der Waals surface area contributed by atoms with Crippen molar-refractivity contribution in [1.82, 2.24) is 4.90 Å². The molecule has 2 aromatic carbocycles. The van der Waals surface area contributed by atoms with Crippen LogP contribution in [0.2, 0.25) is 5.02 Å². The van der Waals surface area contributed by atoms with E-state index in [-0.39, 0.29) is 18.8 Å². The van der Waals surface area contributed by atoms with Gasteiger partial charge in [0.1, 0.15) is 11.4 Å². The Hall–Kier alpha value is -2.83. The summed E-state index contributed by atoms with van der Waals surface area (Å²) in [5, 5.41) is 9.66. The van der Waals surface area contributed by atoms with E-state index in [1.165, 1.54) is 13.2 Å². The van der Waals surface area contributed by atoms with Crippen LogP contribution >= 0.6 is 11.6 Å². The van der Waals surface area contributed by atoms with Crippen LogP contribution < -0.4 is 9.64 Å². The molecule has 7 heteroatoms. The summed E-state index contributed by atoms with van der Waals surface area (Å²) < 4.78 is 5.16. The van der Waals surface area contributed by atoms with E-state index >= 15 is 0 Å². The lowest BCUT2D eigenvalue weighted by Crippen LogP contribution is -2.34. The van der Waals surface area contributed by atoms with Crippen LogP contribution in [-0.2, 0) is 9.59 Å². The maximum atomic E-state index is 13.4. The summed E-state index contributed by atoms with van der Waals surface area (Å²) in [4.78, 5) is 29.4. The molecule has 152 valence electrons. The first-order valence-electron chi connectivity index (χ1n) is 9.16. The van der Waals surface area contributed by atoms with E-state index in [2.05, 4.69) is 0 Å².